The van der Waals surface area contributed by atoms with Crippen LogP contribution in [0.1, 0.15) is 25.7 Å². The van der Waals surface area contributed by atoms with Gasteiger partial charge in [0.15, 0.2) is 0 Å². The van der Waals surface area contributed by atoms with Crippen molar-refractivity contribution in [3.63, 3.8) is 0 Å². The molecular weight excluding hydrogens is 293 g/mol. The Morgan fingerprint density at radius 3 is 3.07 bits per heavy atom. The monoisotopic (exact) mass is 309 g/mol. The zero-order chi connectivity index (χ0) is 10.4. The fourth-order valence-electron chi connectivity index (χ4n) is 1.51. The number of rotatable bonds is 1. The van der Waals surface area contributed by atoms with E-state index in [1.54, 1.807) is 0 Å². The number of hydrogen-bond acceptors (Lipinski definition) is 2. The standard InChI is InChI=1S/C10H16INO2/c1-14-10(13)12-9-7-5-3-2-4-6-8(9)11/h4,6,8-9H,2-3,5,7H2,1H3,(H,12,13)/b6-4+/t8?,9-/m1/s1. The second-order valence-corrected chi connectivity index (χ2v) is 4.84. The molecule has 0 aromatic carbocycles. The zero-order valence-electron chi connectivity index (χ0n) is 8.33. The lowest BCUT2D eigenvalue weighted by Crippen LogP contribution is -2.40. The Hall–Kier alpha value is -0.260. The van der Waals surface area contributed by atoms with Gasteiger partial charge in [-0.2, -0.15) is 0 Å². The molecule has 0 radical (unpaired) electrons. The summed E-state index contributed by atoms with van der Waals surface area (Å²) in [6, 6.07) is 0.208. The molecule has 1 amide bonds. The number of halogens is 1. The topological polar surface area (TPSA) is 38.3 Å². The molecule has 14 heavy (non-hydrogen) atoms. The van der Waals surface area contributed by atoms with Gasteiger partial charge >= 0.3 is 6.09 Å². The van der Waals surface area contributed by atoms with Crippen LogP contribution >= 0.6 is 22.6 Å². The highest BCUT2D eigenvalue weighted by Gasteiger charge is 2.19. The first kappa shape index (κ1) is 11.8. The summed E-state index contributed by atoms with van der Waals surface area (Å²) >= 11 is 2.35. The van der Waals surface area contributed by atoms with Crippen LogP contribution in [-0.4, -0.2) is 23.2 Å². The Morgan fingerprint density at radius 1 is 1.57 bits per heavy atom. The third-order valence-corrected chi connectivity index (χ3v) is 3.61. The van der Waals surface area contributed by atoms with Crippen LogP contribution in [0.15, 0.2) is 12.2 Å². The molecule has 0 aromatic rings. The first-order valence-electron chi connectivity index (χ1n) is 4.89. The minimum absolute atomic E-state index is 0.208. The highest BCUT2D eigenvalue weighted by molar-refractivity contribution is 14.1. The molecule has 80 valence electrons. The van der Waals surface area contributed by atoms with E-state index >= 15 is 0 Å². The number of ether oxygens (including phenoxy) is 1. The molecule has 1 N–H and O–H groups in total. The fraction of sp³-hybridized carbons (Fsp3) is 0.700. The Bertz CT molecular complexity index is 218. The number of alkyl carbamates (subject to hydrolysis) is 1. The van der Waals surface area contributed by atoms with Crippen LogP contribution in [0.25, 0.3) is 0 Å². The van der Waals surface area contributed by atoms with Gasteiger partial charge in [-0.25, -0.2) is 4.79 Å². The molecule has 0 saturated heterocycles. The lowest BCUT2D eigenvalue weighted by atomic mass is 10.0. The average Bonchev–Trinajstić information content (AvgIpc) is 2.17. The quantitative estimate of drug-likeness (QED) is 0.459. The third-order valence-electron chi connectivity index (χ3n) is 2.33. The first-order valence-corrected chi connectivity index (χ1v) is 6.14. The second kappa shape index (κ2) is 6.27. The smallest absolute Gasteiger partial charge is 0.407 e. The van der Waals surface area contributed by atoms with Gasteiger partial charge in [-0.3, -0.25) is 0 Å². The summed E-state index contributed by atoms with van der Waals surface area (Å²) in [5, 5.41) is 2.87. The van der Waals surface area contributed by atoms with Crippen LogP contribution < -0.4 is 5.32 Å². The number of methoxy groups -OCH3 is 1. The van der Waals surface area contributed by atoms with Gasteiger partial charge in [-0.1, -0.05) is 41.2 Å². The Balaban J connectivity index is 2.50. The van der Waals surface area contributed by atoms with Gasteiger partial charge in [0.2, 0.25) is 0 Å². The largest absolute Gasteiger partial charge is 0.453 e. The molecule has 1 aliphatic carbocycles. The molecule has 0 heterocycles. The van der Waals surface area contributed by atoms with E-state index in [4.69, 9.17) is 0 Å². The molecule has 0 spiro atoms. The summed E-state index contributed by atoms with van der Waals surface area (Å²) in [5.41, 5.74) is 0. The maximum absolute atomic E-state index is 11.1. The van der Waals surface area contributed by atoms with Crippen molar-refractivity contribution < 1.29 is 9.53 Å². The summed E-state index contributed by atoms with van der Waals surface area (Å²) in [5.74, 6) is 0. The third kappa shape index (κ3) is 3.86. The Morgan fingerprint density at radius 2 is 2.36 bits per heavy atom. The molecule has 1 rings (SSSR count). The van der Waals surface area contributed by atoms with Crippen molar-refractivity contribution in [2.24, 2.45) is 0 Å². The molecule has 0 saturated carbocycles. The van der Waals surface area contributed by atoms with Gasteiger partial charge in [-0.05, 0) is 19.3 Å². The van der Waals surface area contributed by atoms with Gasteiger partial charge in [0.05, 0.1) is 7.11 Å². The van der Waals surface area contributed by atoms with E-state index in [2.05, 4.69) is 44.8 Å². The molecule has 4 heteroatoms. The van der Waals surface area contributed by atoms with E-state index in [0.717, 1.165) is 12.8 Å². The summed E-state index contributed by atoms with van der Waals surface area (Å²) in [6.07, 6.45) is 8.60. The maximum atomic E-state index is 11.1. The van der Waals surface area contributed by atoms with Crippen LogP contribution in [0.2, 0.25) is 0 Å². The highest BCUT2D eigenvalue weighted by Crippen LogP contribution is 2.18. The minimum Gasteiger partial charge on any atom is -0.453 e. The number of hydrogen-bond donors (Lipinski definition) is 1. The van der Waals surface area contributed by atoms with Crippen LogP contribution in [0, 0.1) is 0 Å². The van der Waals surface area contributed by atoms with Crippen molar-refractivity contribution in [1.82, 2.24) is 5.32 Å². The zero-order valence-corrected chi connectivity index (χ0v) is 10.5. The molecule has 0 aliphatic heterocycles. The molecule has 0 bridgehead atoms. The predicted octanol–water partition coefficient (Wildman–Crippen LogP) is 2.64. The maximum Gasteiger partial charge on any atom is 0.407 e. The van der Waals surface area contributed by atoms with Crippen molar-refractivity contribution in [3.05, 3.63) is 12.2 Å². The van der Waals surface area contributed by atoms with Crippen LogP contribution in [0.3, 0.4) is 0 Å². The molecule has 3 nitrogen and oxygen atoms in total. The second-order valence-electron chi connectivity index (χ2n) is 3.40. The van der Waals surface area contributed by atoms with Crippen molar-refractivity contribution in [2.45, 2.75) is 35.6 Å². The van der Waals surface area contributed by atoms with Crippen molar-refractivity contribution >= 4 is 28.7 Å². The van der Waals surface area contributed by atoms with E-state index in [0.29, 0.717) is 3.92 Å². The first-order chi connectivity index (χ1) is 6.74. The number of carbonyl (C=O) groups excluding carboxylic acids is 1. The lowest BCUT2D eigenvalue weighted by Gasteiger charge is -2.22. The minimum atomic E-state index is -0.328. The van der Waals surface area contributed by atoms with Crippen LogP contribution in [0.4, 0.5) is 4.79 Å². The van der Waals surface area contributed by atoms with Gasteiger partial charge in [0.25, 0.3) is 0 Å². The molecule has 1 unspecified atom stereocenters. The lowest BCUT2D eigenvalue weighted by molar-refractivity contribution is 0.166. The highest BCUT2D eigenvalue weighted by atomic mass is 127. The summed E-state index contributed by atoms with van der Waals surface area (Å²) < 4.78 is 4.96. The van der Waals surface area contributed by atoms with E-state index in [9.17, 15) is 4.79 Å². The SMILES string of the molecule is COC(=O)N[C@@H]1CCCC/C=C/C1I. The molecule has 0 aromatic heterocycles. The Kier molecular flexibility index (Phi) is 5.29. The van der Waals surface area contributed by atoms with Gasteiger partial charge in [0.1, 0.15) is 0 Å². The number of carbonyl (C=O) groups is 1. The summed E-state index contributed by atoms with van der Waals surface area (Å²) in [4.78, 5) is 11.1. The average molecular weight is 309 g/mol. The van der Waals surface area contributed by atoms with E-state index in [1.165, 1.54) is 20.0 Å². The van der Waals surface area contributed by atoms with Crippen LogP contribution in [0.5, 0.6) is 0 Å². The molecule has 2 atom stereocenters. The summed E-state index contributed by atoms with van der Waals surface area (Å²) in [7, 11) is 1.40. The van der Waals surface area contributed by atoms with E-state index in [-0.39, 0.29) is 12.1 Å². The van der Waals surface area contributed by atoms with Gasteiger partial charge < -0.3 is 10.1 Å². The fourth-order valence-corrected chi connectivity index (χ4v) is 2.34. The molecule has 1 aliphatic rings. The predicted molar refractivity (Wildman–Crippen MR) is 64.7 cm³/mol. The number of nitrogens with one attached hydrogen (secondary N) is 1. The van der Waals surface area contributed by atoms with Crippen LogP contribution in [-0.2, 0) is 4.74 Å². The summed E-state index contributed by atoms with van der Waals surface area (Å²) in [6.45, 7) is 0. The van der Waals surface area contributed by atoms with Crippen molar-refractivity contribution in [2.75, 3.05) is 7.11 Å². The van der Waals surface area contributed by atoms with E-state index in [1.807, 2.05) is 0 Å². The number of amides is 1. The van der Waals surface area contributed by atoms with Gasteiger partial charge in [-0.15, -0.1) is 0 Å². The number of alkyl halides is 1. The van der Waals surface area contributed by atoms with Crippen molar-refractivity contribution in [1.29, 1.82) is 0 Å². The van der Waals surface area contributed by atoms with Gasteiger partial charge in [0, 0.05) is 9.97 Å². The molecular formula is C10H16INO2. The van der Waals surface area contributed by atoms with Crippen molar-refractivity contribution in [3.8, 4) is 0 Å². The van der Waals surface area contributed by atoms with E-state index < -0.39 is 0 Å². The normalized spacial score (nSPS) is 29.9. The Labute approximate surface area is 98.4 Å². The number of allylic oxidation sites excluding steroid dienone is 1. The molecule has 0 fully saturated rings.